The van der Waals surface area contributed by atoms with Crippen molar-refractivity contribution >= 4 is 11.9 Å². The zero-order valence-electron chi connectivity index (χ0n) is 13.6. The molecule has 0 aliphatic heterocycles. The summed E-state index contributed by atoms with van der Waals surface area (Å²) in [7, 11) is 0. The lowest BCUT2D eigenvalue weighted by molar-refractivity contribution is -0.143. The van der Waals surface area contributed by atoms with E-state index in [1.807, 2.05) is 6.92 Å². The van der Waals surface area contributed by atoms with Crippen LogP contribution in [0, 0.1) is 11.8 Å². The molecule has 124 valence electrons. The zero-order valence-corrected chi connectivity index (χ0v) is 13.6. The fraction of sp³-hybridized carbons (Fsp3) is 0.882. The van der Waals surface area contributed by atoms with Crippen LogP contribution in [0.2, 0.25) is 0 Å². The average molecular weight is 300 g/mol. The Morgan fingerprint density at radius 1 is 0.667 bits per heavy atom. The van der Waals surface area contributed by atoms with E-state index in [-0.39, 0.29) is 11.8 Å². The lowest BCUT2D eigenvalue weighted by Crippen LogP contribution is -2.14. The largest absolute Gasteiger partial charge is 0.481 e. The molecule has 0 saturated heterocycles. The molecule has 0 fully saturated rings. The molecule has 21 heavy (non-hydrogen) atoms. The Morgan fingerprint density at radius 3 is 1.48 bits per heavy atom. The van der Waals surface area contributed by atoms with Crippen LogP contribution in [0.15, 0.2) is 0 Å². The monoisotopic (exact) mass is 300 g/mol. The number of carboxylic acid groups (broad SMARTS) is 2. The summed E-state index contributed by atoms with van der Waals surface area (Å²) < 4.78 is 0. The number of aliphatic carboxylic acids is 2. The van der Waals surface area contributed by atoms with Crippen LogP contribution in [-0.4, -0.2) is 22.2 Å². The minimum atomic E-state index is -0.678. The second-order valence-corrected chi connectivity index (χ2v) is 5.99. The molecule has 0 heterocycles. The van der Waals surface area contributed by atoms with Crippen molar-refractivity contribution in [3.8, 4) is 0 Å². The van der Waals surface area contributed by atoms with E-state index < -0.39 is 11.9 Å². The third-order valence-electron chi connectivity index (χ3n) is 4.10. The third kappa shape index (κ3) is 10.3. The third-order valence-corrected chi connectivity index (χ3v) is 4.10. The van der Waals surface area contributed by atoms with Gasteiger partial charge in [0.1, 0.15) is 0 Å². The first-order valence-corrected chi connectivity index (χ1v) is 8.48. The minimum Gasteiger partial charge on any atom is -0.481 e. The van der Waals surface area contributed by atoms with Crippen LogP contribution in [0.3, 0.4) is 0 Å². The maximum absolute atomic E-state index is 11.1. The van der Waals surface area contributed by atoms with Crippen LogP contribution in [0.1, 0.15) is 84.5 Å². The first kappa shape index (κ1) is 19.9. The molecule has 0 radical (unpaired) electrons. The highest BCUT2D eigenvalue weighted by Gasteiger charge is 2.17. The van der Waals surface area contributed by atoms with E-state index >= 15 is 0 Å². The molecule has 0 amide bonds. The van der Waals surface area contributed by atoms with Gasteiger partial charge in [-0.15, -0.1) is 0 Å². The number of carbonyl (C=O) groups is 2. The molecule has 0 aromatic heterocycles. The van der Waals surface area contributed by atoms with Crippen LogP contribution in [0.5, 0.6) is 0 Å². The summed E-state index contributed by atoms with van der Waals surface area (Å²) in [5.74, 6) is -1.75. The standard InChI is InChI=1S/C17H32O4/c1-3-5-11-15(17(20)21)13-9-7-6-8-12-14(10-4-2)16(18)19/h14-15H,3-13H2,1-2H3,(H,18,19)(H,20,21). The van der Waals surface area contributed by atoms with E-state index in [1.165, 1.54) is 0 Å². The highest BCUT2D eigenvalue weighted by atomic mass is 16.4. The Kier molecular flexibility index (Phi) is 12.0. The van der Waals surface area contributed by atoms with Gasteiger partial charge >= 0.3 is 11.9 Å². The minimum absolute atomic E-state index is 0.197. The van der Waals surface area contributed by atoms with Crippen molar-refractivity contribution in [1.29, 1.82) is 0 Å². The van der Waals surface area contributed by atoms with Crippen molar-refractivity contribution in [2.45, 2.75) is 84.5 Å². The van der Waals surface area contributed by atoms with Gasteiger partial charge in [-0.25, -0.2) is 0 Å². The number of rotatable bonds is 14. The summed E-state index contributed by atoms with van der Waals surface area (Å²) in [5.41, 5.74) is 0. The SMILES string of the molecule is CCCCC(CCCCCCC(CCC)C(=O)O)C(=O)O. The summed E-state index contributed by atoms with van der Waals surface area (Å²) in [6.07, 6.45) is 9.86. The molecule has 4 heteroatoms. The summed E-state index contributed by atoms with van der Waals surface area (Å²) in [6.45, 7) is 4.09. The number of hydrogen-bond donors (Lipinski definition) is 2. The van der Waals surface area contributed by atoms with E-state index in [0.717, 1.165) is 70.6 Å². The molecular formula is C17H32O4. The molecule has 0 aliphatic carbocycles. The summed E-state index contributed by atoms with van der Waals surface area (Å²) in [5, 5.41) is 18.2. The van der Waals surface area contributed by atoms with Crippen molar-refractivity contribution in [2.75, 3.05) is 0 Å². The van der Waals surface area contributed by atoms with Crippen molar-refractivity contribution in [1.82, 2.24) is 0 Å². The van der Waals surface area contributed by atoms with E-state index in [4.69, 9.17) is 10.2 Å². The first-order chi connectivity index (χ1) is 10.0. The molecule has 2 atom stereocenters. The van der Waals surface area contributed by atoms with Gasteiger partial charge in [-0.05, 0) is 25.7 Å². The van der Waals surface area contributed by atoms with Crippen molar-refractivity contribution < 1.29 is 19.8 Å². The Bertz CT molecular complexity index is 289. The molecule has 0 spiro atoms. The predicted molar refractivity (Wildman–Crippen MR) is 84.4 cm³/mol. The van der Waals surface area contributed by atoms with Gasteiger partial charge in [0.15, 0.2) is 0 Å². The molecule has 0 rings (SSSR count). The quantitative estimate of drug-likeness (QED) is 0.455. The Hall–Kier alpha value is -1.06. The maximum atomic E-state index is 11.1. The highest BCUT2D eigenvalue weighted by Crippen LogP contribution is 2.20. The van der Waals surface area contributed by atoms with Crippen molar-refractivity contribution in [3.05, 3.63) is 0 Å². The molecule has 4 nitrogen and oxygen atoms in total. The fourth-order valence-electron chi connectivity index (χ4n) is 2.72. The molecule has 0 aromatic carbocycles. The summed E-state index contributed by atoms with van der Waals surface area (Å²) >= 11 is 0. The van der Waals surface area contributed by atoms with Gasteiger partial charge in [-0.3, -0.25) is 9.59 Å². The summed E-state index contributed by atoms with van der Waals surface area (Å²) in [4.78, 5) is 22.1. The van der Waals surface area contributed by atoms with Crippen molar-refractivity contribution in [2.24, 2.45) is 11.8 Å². The lowest BCUT2D eigenvalue weighted by atomic mass is 9.93. The summed E-state index contributed by atoms with van der Waals surface area (Å²) in [6, 6.07) is 0. The van der Waals surface area contributed by atoms with E-state index in [0.29, 0.717) is 0 Å². The van der Waals surface area contributed by atoms with Gasteiger partial charge in [-0.1, -0.05) is 58.8 Å². The Morgan fingerprint density at radius 2 is 1.10 bits per heavy atom. The maximum Gasteiger partial charge on any atom is 0.306 e. The van der Waals surface area contributed by atoms with Gasteiger partial charge in [0, 0.05) is 0 Å². The molecular weight excluding hydrogens is 268 g/mol. The molecule has 0 aliphatic rings. The van der Waals surface area contributed by atoms with Gasteiger partial charge in [0.05, 0.1) is 11.8 Å². The van der Waals surface area contributed by atoms with Crippen LogP contribution in [0.4, 0.5) is 0 Å². The van der Waals surface area contributed by atoms with Gasteiger partial charge in [0.25, 0.3) is 0 Å². The van der Waals surface area contributed by atoms with Crippen LogP contribution >= 0.6 is 0 Å². The Balaban J connectivity index is 3.73. The molecule has 2 unspecified atom stereocenters. The van der Waals surface area contributed by atoms with Crippen LogP contribution < -0.4 is 0 Å². The van der Waals surface area contributed by atoms with Gasteiger partial charge in [-0.2, -0.15) is 0 Å². The second-order valence-electron chi connectivity index (χ2n) is 5.99. The molecule has 0 saturated carbocycles. The average Bonchev–Trinajstić information content (AvgIpc) is 2.43. The normalized spacial score (nSPS) is 13.8. The first-order valence-electron chi connectivity index (χ1n) is 8.48. The zero-order chi connectivity index (χ0) is 16.1. The van der Waals surface area contributed by atoms with Gasteiger partial charge in [0.2, 0.25) is 0 Å². The highest BCUT2D eigenvalue weighted by molar-refractivity contribution is 5.70. The lowest BCUT2D eigenvalue weighted by Gasteiger charge is -2.12. The van der Waals surface area contributed by atoms with E-state index in [9.17, 15) is 9.59 Å². The second kappa shape index (κ2) is 12.7. The number of unbranched alkanes of at least 4 members (excludes halogenated alkanes) is 4. The Labute approximate surface area is 128 Å². The number of carboxylic acids is 2. The van der Waals surface area contributed by atoms with E-state index in [2.05, 4.69) is 6.92 Å². The topological polar surface area (TPSA) is 74.6 Å². The molecule has 2 N–H and O–H groups in total. The molecule has 0 aromatic rings. The smallest absolute Gasteiger partial charge is 0.306 e. The van der Waals surface area contributed by atoms with E-state index in [1.54, 1.807) is 0 Å². The van der Waals surface area contributed by atoms with Crippen molar-refractivity contribution in [3.63, 3.8) is 0 Å². The predicted octanol–water partition coefficient (Wildman–Crippen LogP) is 4.72. The van der Waals surface area contributed by atoms with Crippen LogP contribution in [0.25, 0.3) is 0 Å². The molecule has 0 bridgehead atoms. The fourth-order valence-corrected chi connectivity index (χ4v) is 2.72. The van der Waals surface area contributed by atoms with Gasteiger partial charge < -0.3 is 10.2 Å². The van der Waals surface area contributed by atoms with Crippen LogP contribution in [-0.2, 0) is 9.59 Å². The number of hydrogen-bond acceptors (Lipinski definition) is 2.